The first-order valence-electron chi connectivity index (χ1n) is 4.26. The lowest BCUT2D eigenvalue weighted by molar-refractivity contribution is -0.161. The van der Waals surface area contributed by atoms with Crippen LogP contribution in [0.2, 0.25) is 0 Å². The first-order chi connectivity index (χ1) is 5.54. The topological polar surface area (TPSA) is 29.5 Å². The molecule has 2 heteroatoms. The summed E-state index contributed by atoms with van der Waals surface area (Å²) in [5, 5.41) is 9.11. The highest BCUT2D eigenvalue weighted by atomic mass is 16.6. The van der Waals surface area contributed by atoms with Gasteiger partial charge in [-0.25, -0.2) is 0 Å². The highest BCUT2D eigenvalue weighted by Gasteiger charge is 2.30. The Morgan fingerprint density at radius 2 is 2.17 bits per heavy atom. The predicted molar refractivity (Wildman–Crippen MR) is 48.6 cm³/mol. The Labute approximate surface area is 73.5 Å². The highest BCUT2D eigenvalue weighted by molar-refractivity contribution is 5.20. The number of aliphatic hydroxyl groups excluding tert-OH is 1. The van der Waals surface area contributed by atoms with Crippen LogP contribution in [0, 0.1) is 5.92 Å². The minimum Gasteiger partial charge on any atom is -0.368 e. The summed E-state index contributed by atoms with van der Waals surface area (Å²) < 4.78 is 5.41. The average molecular weight is 168 g/mol. The first kappa shape index (κ1) is 9.49. The van der Waals surface area contributed by atoms with Crippen LogP contribution in [0.5, 0.6) is 0 Å². The molecule has 0 aromatic carbocycles. The van der Waals surface area contributed by atoms with Crippen molar-refractivity contribution in [2.24, 2.45) is 5.92 Å². The summed E-state index contributed by atoms with van der Waals surface area (Å²) in [4.78, 5) is 0. The Hall–Kier alpha value is -0.600. The summed E-state index contributed by atoms with van der Waals surface area (Å²) in [5.74, 6) is 0.303. The molecule has 0 aromatic rings. The fourth-order valence-electron chi connectivity index (χ4n) is 1.33. The van der Waals surface area contributed by atoms with Gasteiger partial charge in [0.1, 0.15) is 0 Å². The zero-order valence-electron chi connectivity index (χ0n) is 7.82. The quantitative estimate of drug-likeness (QED) is 0.638. The SMILES string of the molecule is CC(O)OC1(C)C=CC=CC1C. The van der Waals surface area contributed by atoms with Crippen LogP contribution in [-0.4, -0.2) is 17.0 Å². The standard InChI is InChI=1S/C10H16O2/c1-8-6-4-5-7-10(8,3)12-9(2)11/h4-9,11H,1-3H3. The maximum atomic E-state index is 9.11. The Morgan fingerprint density at radius 3 is 2.67 bits per heavy atom. The number of allylic oxidation sites excluding steroid dienone is 2. The molecular formula is C10H16O2. The van der Waals surface area contributed by atoms with Gasteiger partial charge in [0.05, 0.1) is 5.60 Å². The first-order valence-corrected chi connectivity index (χ1v) is 4.26. The van der Waals surface area contributed by atoms with Crippen LogP contribution in [-0.2, 0) is 4.74 Å². The monoisotopic (exact) mass is 168 g/mol. The molecule has 0 amide bonds. The number of ether oxygens (including phenoxy) is 1. The van der Waals surface area contributed by atoms with Gasteiger partial charge in [0.25, 0.3) is 0 Å². The maximum absolute atomic E-state index is 9.11. The Bertz CT molecular complexity index is 206. The van der Waals surface area contributed by atoms with Crippen molar-refractivity contribution in [1.29, 1.82) is 0 Å². The van der Waals surface area contributed by atoms with Gasteiger partial charge < -0.3 is 9.84 Å². The van der Waals surface area contributed by atoms with Crippen molar-refractivity contribution in [1.82, 2.24) is 0 Å². The van der Waals surface area contributed by atoms with E-state index in [0.717, 1.165) is 0 Å². The van der Waals surface area contributed by atoms with E-state index < -0.39 is 6.29 Å². The number of rotatable bonds is 2. The third-order valence-electron chi connectivity index (χ3n) is 2.27. The zero-order chi connectivity index (χ0) is 9.19. The van der Waals surface area contributed by atoms with E-state index >= 15 is 0 Å². The van der Waals surface area contributed by atoms with E-state index in [2.05, 4.69) is 13.0 Å². The molecule has 68 valence electrons. The van der Waals surface area contributed by atoms with Crippen LogP contribution in [0.4, 0.5) is 0 Å². The van der Waals surface area contributed by atoms with Crippen molar-refractivity contribution in [3.8, 4) is 0 Å². The van der Waals surface area contributed by atoms with E-state index in [1.165, 1.54) is 0 Å². The minimum atomic E-state index is -0.714. The molecule has 0 spiro atoms. The minimum absolute atomic E-state index is 0.303. The number of hydrogen-bond acceptors (Lipinski definition) is 2. The molecule has 1 N–H and O–H groups in total. The van der Waals surface area contributed by atoms with Gasteiger partial charge in [0, 0.05) is 5.92 Å². The van der Waals surface area contributed by atoms with Crippen LogP contribution in [0.3, 0.4) is 0 Å². The second-order valence-corrected chi connectivity index (χ2v) is 3.43. The summed E-state index contributed by atoms with van der Waals surface area (Å²) in [7, 11) is 0. The lowest BCUT2D eigenvalue weighted by Crippen LogP contribution is -2.37. The molecule has 0 aromatic heterocycles. The molecule has 0 saturated heterocycles. The van der Waals surface area contributed by atoms with Crippen molar-refractivity contribution >= 4 is 0 Å². The van der Waals surface area contributed by atoms with Crippen LogP contribution in [0.1, 0.15) is 20.8 Å². The van der Waals surface area contributed by atoms with Gasteiger partial charge in [0.2, 0.25) is 0 Å². The number of hydrogen-bond donors (Lipinski definition) is 1. The summed E-state index contributed by atoms with van der Waals surface area (Å²) in [6, 6.07) is 0. The van der Waals surface area contributed by atoms with Crippen LogP contribution in [0.15, 0.2) is 24.3 Å². The molecule has 2 nitrogen and oxygen atoms in total. The van der Waals surface area contributed by atoms with E-state index in [9.17, 15) is 0 Å². The summed E-state index contributed by atoms with van der Waals surface area (Å²) >= 11 is 0. The molecule has 1 rings (SSSR count). The van der Waals surface area contributed by atoms with E-state index in [-0.39, 0.29) is 5.60 Å². The fraction of sp³-hybridized carbons (Fsp3) is 0.600. The van der Waals surface area contributed by atoms with Gasteiger partial charge in [-0.3, -0.25) is 0 Å². The van der Waals surface area contributed by atoms with Gasteiger partial charge in [-0.05, 0) is 13.8 Å². The molecule has 0 saturated carbocycles. The van der Waals surface area contributed by atoms with Gasteiger partial charge in [0.15, 0.2) is 6.29 Å². The second kappa shape index (κ2) is 3.42. The Balaban J connectivity index is 2.69. The van der Waals surface area contributed by atoms with Crippen LogP contribution >= 0.6 is 0 Å². The highest BCUT2D eigenvalue weighted by Crippen LogP contribution is 2.28. The number of aliphatic hydroxyl groups is 1. The lowest BCUT2D eigenvalue weighted by Gasteiger charge is -2.34. The summed E-state index contributed by atoms with van der Waals surface area (Å²) in [5.41, 5.74) is -0.358. The van der Waals surface area contributed by atoms with E-state index in [1.54, 1.807) is 6.92 Å². The molecule has 0 bridgehead atoms. The van der Waals surface area contributed by atoms with Gasteiger partial charge in [-0.15, -0.1) is 0 Å². The smallest absolute Gasteiger partial charge is 0.152 e. The van der Waals surface area contributed by atoms with Gasteiger partial charge in [-0.2, -0.15) is 0 Å². The molecule has 0 aliphatic heterocycles. The molecule has 1 aliphatic carbocycles. The normalized spacial score (nSPS) is 36.8. The van der Waals surface area contributed by atoms with Crippen LogP contribution in [0.25, 0.3) is 0 Å². The van der Waals surface area contributed by atoms with Gasteiger partial charge >= 0.3 is 0 Å². The van der Waals surface area contributed by atoms with Gasteiger partial charge in [-0.1, -0.05) is 31.2 Å². The average Bonchev–Trinajstić information content (AvgIpc) is 1.94. The zero-order valence-corrected chi connectivity index (χ0v) is 7.82. The second-order valence-electron chi connectivity index (χ2n) is 3.43. The van der Waals surface area contributed by atoms with E-state index in [1.807, 2.05) is 25.2 Å². The van der Waals surface area contributed by atoms with Crippen LogP contribution < -0.4 is 0 Å². The van der Waals surface area contributed by atoms with Crippen molar-refractivity contribution in [3.63, 3.8) is 0 Å². The lowest BCUT2D eigenvalue weighted by atomic mass is 9.87. The van der Waals surface area contributed by atoms with Crippen molar-refractivity contribution < 1.29 is 9.84 Å². The summed E-state index contributed by atoms with van der Waals surface area (Å²) in [6.45, 7) is 5.68. The molecule has 12 heavy (non-hydrogen) atoms. The maximum Gasteiger partial charge on any atom is 0.152 e. The molecule has 0 heterocycles. The third-order valence-corrected chi connectivity index (χ3v) is 2.27. The predicted octanol–water partition coefficient (Wildman–Crippen LogP) is 1.86. The molecule has 0 fully saturated rings. The molecule has 1 aliphatic rings. The molecular weight excluding hydrogens is 152 g/mol. The fourth-order valence-corrected chi connectivity index (χ4v) is 1.33. The molecule has 0 radical (unpaired) electrons. The Kier molecular flexibility index (Phi) is 2.70. The van der Waals surface area contributed by atoms with Crippen molar-refractivity contribution in [3.05, 3.63) is 24.3 Å². The van der Waals surface area contributed by atoms with Crippen molar-refractivity contribution in [2.45, 2.75) is 32.7 Å². The van der Waals surface area contributed by atoms with E-state index in [4.69, 9.17) is 9.84 Å². The van der Waals surface area contributed by atoms with Crippen molar-refractivity contribution in [2.75, 3.05) is 0 Å². The van der Waals surface area contributed by atoms with E-state index in [0.29, 0.717) is 5.92 Å². The summed E-state index contributed by atoms with van der Waals surface area (Å²) in [6.07, 6.45) is 7.28. The largest absolute Gasteiger partial charge is 0.368 e. The molecule has 3 atom stereocenters. The third kappa shape index (κ3) is 1.96. The molecule has 3 unspecified atom stereocenters. The Morgan fingerprint density at radius 1 is 1.50 bits per heavy atom.